The van der Waals surface area contributed by atoms with Gasteiger partial charge in [-0.3, -0.25) is 9.78 Å². The van der Waals surface area contributed by atoms with Crippen LogP contribution in [-0.2, 0) is 6.54 Å². The maximum Gasteiger partial charge on any atom is 0.267 e. The second kappa shape index (κ2) is 5.57. The molecule has 0 aliphatic rings. The molecule has 2 heterocycles. The maximum absolute atomic E-state index is 11.7. The summed E-state index contributed by atoms with van der Waals surface area (Å²) in [4.78, 5) is 16.0. The third-order valence-electron chi connectivity index (χ3n) is 2.50. The van der Waals surface area contributed by atoms with Crippen molar-refractivity contribution in [2.45, 2.75) is 6.54 Å². The van der Waals surface area contributed by atoms with E-state index < -0.39 is 0 Å². The second-order valence-electron chi connectivity index (χ2n) is 3.75. The Labute approximate surface area is 114 Å². The summed E-state index contributed by atoms with van der Waals surface area (Å²) in [5.41, 5.74) is 6.59. The lowest BCUT2D eigenvalue weighted by molar-refractivity contribution is 0.379. The monoisotopic (exact) mass is 276 g/mol. The molecule has 0 saturated heterocycles. The molecule has 19 heavy (non-hydrogen) atoms. The van der Waals surface area contributed by atoms with Gasteiger partial charge in [0.2, 0.25) is 5.88 Å². The molecule has 0 spiro atoms. The van der Waals surface area contributed by atoms with Crippen LogP contribution in [0.1, 0.15) is 11.3 Å². The van der Waals surface area contributed by atoms with Gasteiger partial charge in [-0.25, -0.2) is 4.68 Å². The zero-order chi connectivity index (χ0) is 13.8. The van der Waals surface area contributed by atoms with Crippen LogP contribution in [0.3, 0.4) is 0 Å². The van der Waals surface area contributed by atoms with Crippen LogP contribution in [0.15, 0.2) is 35.3 Å². The predicted molar refractivity (Wildman–Crippen MR) is 74.3 cm³/mol. The van der Waals surface area contributed by atoms with E-state index in [1.54, 1.807) is 18.3 Å². The standard InChI is InChI=1S/C12H12N4O2S/c1-18-9-4-5-10(17)16(15-9)7-8-3-2-6-14-11(8)12(13)19/h2-6H,7H2,1H3,(H2,13,19). The Morgan fingerprint density at radius 2 is 2.26 bits per heavy atom. The van der Waals surface area contributed by atoms with Crippen molar-refractivity contribution in [3.05, 3.63) is 52.1 Å². The molecule has 0 aromatic carbocycles. The van der Waals surface area contributed by atoms with Crippen molar-refractivity contribution >= 4 is 17.2 Å². The molecule has 0 radical (unpaired) electrons. The van der Waals surface area contributed by atoms with Crippen molar-refractivity contribution < 1.29 is 4.74 Å². The summed E-state index contributed by atoms with van der Waals surface area (Å²) >= 11 is 4.93. The lowest BCUT2D eigenvalue weighted by atomic mass is 10.2. The zero-order valence-corrected chi connectivity index (χ0v) is 11.1. The van der Waals surface area contributed by atoms with E-state index in [1.165, 1.54) is 23.9 Å². The molecule has 0 bridgehead atoms. The fourth-order valence-electron chi connectivity index (χ4n) is 1.60. The first-order valence-electron chi connectivity index (χ1n) is 5.47. The minimum absolute atomic E-state index is 0.187. The molecule has 2 N–H and O–H groups in total. The van der Waals surface area contributed by atoms with E-state index in [2.05, 4.69) is 10.1 Å². The van der Waals surface area contributed by atoms with Gasteiger partial charge < -0.3 is 10.5 Å². The van der Waals surface area contributed by atoms with Gasteiger partial charge in [-0.1, -0.05) is 18.3 Å². The Hall–Kier alpha value is -2.28. The van der Waals surface area contributed by atoms with Crippen LogP contribution in [-0.4, -0.2) is 26.9 Å². The SMILES string of the molecule is COc1ccc(=O)n(Cc2cccnc2C(N)=S)n1. The lowest BCUT2D eigenvalue weighted by Crippen LogP contribution is -2.24. The molecule has 2 rings (SSSR count). The van der Waals surface area contributed by atoms with Gasteiger partial charge in [-0.15, -0.1) is 5.10 Å². The van der Waals surface area contributed by atoms with Crippen LogP contribution < -0.4 is 16.0 Å². The van der Waals surface area contributed by atoms with Crippen LogP contribution in [0.5, 0.6) is 5.88 Å². The zero-order valence-electron chi connectivity index (χ0n) is 10.2. The van der Waals surface area contributed by atoms with Crippen molar-refractivity contribution in [2.75, 3.05) is 7.11 Å². The number of hydrogen-bond acceptors (Lipinski definition) is 5. The first-order chi connectivity index (χ1) is 9.11. The third kappa shape index (κ3) is 2.94. The van der Waals surface area contributed by atoms with Crippen LogP contribution in [0.25, 0.3) is 0 Å². The number of pyridine rings is 1. The highest BCUT2D eigenvalue weighted by molar-refractivity contribution is 7.80. The van der Waals surface area contributed by atoms with Gasteiger partial charge in [-0.2, -0.15) is 0 Å². The van der Waals surface area contributed by atoms with E-state index in [-0.39, 0.29) is 17.1 Å². The summed E-state index contributed by atoms with van der Waals surface area (Å²) < 4.78 is 6.26. The molecule has 0 fully saturated rings. The van der Waals surface area contributed by atoms with Crippen molar-refractivity contribution in [1.29, 1.82) is 0 Å². The Bertz CT molecular complexity index is 669. The fraction of sp³-hybridized carbons (Fsp3) is 0.167. The molecule has 0 unspecified atom stereocenters. The van der Waals surface area contributed by atoms with Gasteiger partial charge in [0.25, 0.3) is 5.56 Å². The van der Waals surface area contributed by atoms with Crippen LogP contribution in [0, 0.1) is 0 Å². The van der Waals surface area contributed by atoms with Crippen molar-refractivity contribution in [1.82, 2.24) is 14.8 Å². The Kier molecular flexibility index (Phi) is 3.86. The van der Waals surface area contributed by atoms with Gasteiger partial charge in [0.05, 0.1) is 13.7 Å². The molecule has 0 aliphatic heterocycles. The lowest BCUT2D eigenvalue weighted by Gasteiger charge is -2.09. The van der Waals surface area contributed by atoms with Gasteiger partial charge in [0, 0.05) is 23.9 Å². The molecule has 98 valence electrons. The fourth-order valence-corrected chi connectivity index (χ4v) is 1.79. The van der Waals surface area contributed by atoms with E-state index in [4.69, 9.17) is 22.7 Å². The van der Waals surface area contributed by atoms with E-state index in [0.717, 1.165) is 5.56 Å². The molecule has 2 aromatic rings. The number of hydrogen-bond donors (Lipinski definition) is 1. The van der Waals surface area contributed by atoms with Gasteiger partial charge in [0.15, 0.2) is 0 Å². The average molecular weight is 276 g/mol. The molecular weight excluding hydrogens is 264 g/mol. The van der Waals surface area contributed by atoms with Crippen LogP contribution >= 0.6 is 12.2 Å². The highest BCUT2D eigenvalue weighted by atomic mass is 32.1. The highest BCUT2D eigenvalue weighted by Crippen LogP contribution is 2.07. The molecule has 6 nitrogen and oxygen atoms in total. The Morgan fingerprint density at radius 1 is 1.47 bits per heavy atom. The number of nitrogens with two attached hydrogens (primary N) is 1. The summed E-state index contributed by atoms with van der Waals surface area (Å²) in [5.74, 6) is 0.361. The van der Waals surface area contributed by atoms with Gasteiger partial charge in [0.1, 0.15) is 10.7 Å². The molecule has 0 saturated carbocycles. The summed E-state index contributed by atoms with van der Waals surface area (Å²) in [7, 11) is 1.49. The third-order valence-corrected chi connectivity index (χ3v) is 2.69. The van der Waals surface area contributed by atoms with E-state index >= 15 is 0 Å². The summed E-state index contributed by atoms with van der Waals surface area (Å²) in [5, 5.41) is 4.06. The van der Waals surface area contributed by atoms with E-state index in [9.17, 15) is 4.79 Å². The predicted octanol–water partition coefficient (Wildman–Crippen LogP) is 0.329. The topological polar surface area (TPSA) is 83.0 Å². The van der Waals surface area contributed by atoms with Crippen LogP contribution in [0.4, 0.5) is 0 Å². The number of ether oxygens (including phenoxy) is 1. The average Bonchev–Trinajstić information content (AvgIpc) is 2.41. The smallest absolute Gasteiger partial charge is 0.267 e. The highest BCUT2D eigenvalue weighted by Gasteiger charge is 2.09. The summed E-state index contributed by atoms with van der Waals surface area (Å²) in [6.45, 7) is 0.233. The summed E-state index contributed by atoms with van der Waals surface area (Å²) in [6.07, 6.45) is 1.60. The first kappa shape index (κ1) is 13.2. The van der Waals surface area contributed by atoms with Crippen LogP contribution in [0.2, 0.25) is 0 Å². The summed E-state index contributed by atoms with van der Waals surface area (Å²) in [6, 6.07) is 6.45. The molecule has 7 heteroatoms. The quantitative estimate of drug-likeness (QED) is 0.810. The van der Waals surface area contributed by atoms with E-state index in [1.807, 2.05) is 0 Å². The first-order valence-corrected chi connectivity index (χ1v) is 5.88. The molecule has 2 aromatic heterocycles. The number of thiocarbonyl (C=S) groups is 1. The molecule has 0 aliphatic carbocycles. The number of nitrogens with zero attached hydrogens (tertiary/aromatic N) is 3. The van der Waals surface area contributed by atoms with Crippen molar-refractivity contribution in [3.63, 3.8) is 0 Å². The Morgan fingerprint density at radius 3 is 2.95 bits per heavy atom. The van der Waals surface area contributed by atoms with Gasteiger partial charge in [-0.05, 0) is 6.07 Å². The Balaban J connectivity index is 2.41. The molecule has 0 atom stereocenters. The number of methoxy groups -OCH3 is 1. The van der Waals surface area contributed by atoms with E-state index in [0.29, 0.717) is 11.6 Å². The second-order valence-corrected chi connectivity index (χ2v) is 4.19. The largest absolute Gasteiger partial charge is 0.480 e. The number of aromatic nitrogens is 3. The van der Waals surface area contributed by atoms with Gasteiger partial charge >= 0.3 is 0 Å². The maximum atomic E-state index is 11.7. The minimum atomic E-state index is -0.237. The molecule has 0 amide bonds. The minimum Gasteiger partial charge on any atom is -0.480 e. The number of rotatable bonds is 4. The normalized spacial score (nSPS) is 10.2. The van der Waals surface area contributed by atoms with Crippen molar-refractivity contribution in [2.24, 2.45) is 5.73 Å². The van der Waals surface area contributed by atoms with Crippen molar-refractivity contribution in [3.8, 4) is 5.88 Å². The molecular formula is C12H12N4O2S.